The van der Waals surface area contributed by atoms with Crippen LogP contribution < -0.4 is 21.4 Å². The van der Waals surface area contributed by atoms with Gasteiger partial charge in [-0.05, 0) is 85.9 Å². The van der Waals surface area contributed by atoms with Gasteiger partial charge in [-0.15, -0.1) is 0 Å². The molecular weight excluding hydrogens is 1560 g/mol. The van der Waals surface area contributed by atoms with E-state index >= 15 is 132 Å². The number of hydrogen-bond donors (Lipinski definition) is 1. The molecule has 111 heavy (non-hydrogen) atoms. The van der Waals surface area contributed by atoms with E-state index in [9.17, 15) is 0 Å². The van der Waals surface area contributed by atoms with Crippen molar-refractivity contribution in [2.45, 2.75) is 26.1 Å². The van der Waals surface area contributed by atoms with Gasteiger partial charge >= 0.3 is 0 Å². The molecule has 9 bridgehead atoms. The predicted octanol–water partition coefficient (Wildman–Crippen LogP) is 16.7. The van der Waals surface area contributed by atoms with Crippen LogP contribution in [0.2, 0.25) is 0 Å². The average Bonchev–Trinajstić information content (AvgIpc) is 1.52. The third-order valence-electron chi connectivity index (χ3n) is 19.6. The number of hydrogen-bond acceptors (Lipinski definition) is 3. The molecule has 0 aliphatic carbocycles. The highest BCUT2D eigenvalue weighted by Gasteiger charge is 2.47. The summed E-state index contributed by atoms with van der Waals surface area (Å²) in [6, 6.07) is 2.58. The molecule has 0 saturated carbocycles. The summed E-state index contributed by atoms with van der Waals surface area (Å²) in [6.07, 6.45) is -1.68. The summed E-state index contributed by atoms with van der Waals surface area (Å²) in [7, 11) is 0. The van der Waals surface area contributed by atoms with E-state index in [-0.39, 0.29) is 0 Å². The van der Waals surface area contributed by atoms with Gasteiger partial charge < -0.3 is 18.5 Å². The van der Waals surface area contributed by atoms with Gasteiger partial charge in [0.1, 0.15) is 12.2 Å². The number of aliphatic imine (C=N–C) groups is 1. The molecule has 2 atom stereocenters. The molecule has 1 N–H and O–H groups in total. The molecule has 0 amide bonds. The van der Waals surface area contributed by atoms with Crippen LogP contribution in [-0.4, -0.2) is 47.2 Å². The van der Waals surface area contributed by atoms with Gasteiger partial charge in [0.05, 0.1) is 95.2 Å². The first kappa shape index (κ1) is 73.0. The van der Waals surface area contributed by atoms with E-state index in [0.29, 0.717) is 86.4 Å². The van der Waals surface area contributed by atoms with Crippen LogP contribution in [0.4, 0.5) is 132 Å². The highest BCUT2D eigenvalue weighted by molar-refractivity contribution is 6.30. The summed E-state index contributed by atoms with van der Waals surface area (Å²) in [5, 5.41) is -4.79. The van der Waals surface area contributed by atoms with Crippen LogP contribution in [0.3, 0.4) is 0 Å². The maximum atomic E-state index is 17.5. The van der Waals surface area contributed by atoms with Gasteiger partial charge in [-0.1, -0.05) is 13.8 Å². The molecule has 0 spiro atoms. The fourth-order valence-electron chi connectivity index (χ4n) is 14.8. The molecule has 566 valence electrons. The topological polar surface area (TPSA) is 58.6 Å². The fraction of sp³-hybridized carbons (Fsp3) is 0.0811. The Morgan fingerprint density at radius 1 is 0.333 bits per heavy atom. The Morgan fingerprint density at radius 3 is 1.09 bits per heavy atom. The predicted molar refractivity (Wildman–Crippen MR) is 326 cm³/mol. The standard InChI is InChI=1S/C74H25F30N7/c1-3-108(4-2)74-73-29-16-17-15-22-31(37-44(77)56(89)67(100)57(90)45(37)78)20-6-5-18(105-20)30(36-42(75)54(87)66(99)55(88)43(36)76)19-7-8-21(106-19)32(38-46(79)58(91)68(101)59(92)47(38)80)23-9-13-27(111(23)74)34(40-50(83)62(95)70(103)63(96)51(40)84)26-12-11-25(110(26)73)33(39-48(81)60(93)69(102)61(94)49(39)82)24-10-14-28(109(24)29)35(72(17)107-22)41-52(85)64(97)71(104)65(98)53(41)86/h5-16,73-74,105H,3-4H2,1-2H3/t73-,74+/m1/s1. The summed E-state index contributed by atoms with van der Waals surface area (Å²) in [5.41, 5.74) is -34.9. The van der Waals surface area contributed by atoms with Gasteiger partial charge in [0.25, 0.3) is 0 Å². The number of aromatic nitrogens is 5. The normalized spacial score (nSPS) is 15.3. The maximum absolute atomic E-state index is 17.5. The molecule has 0 saturated heterocycles. The number of aromatic amines is 1. The quantitative estimate of drug-likeness (QED) is 0.0889. The first-order chi connectivity index (χ1) is 52.5. The summed E-state index contributed by atoms with van der Waals surface area (Å²) < 4.78 is 496. The van der Waals surface area contributed by atoms with Crippen LogP contribution in [-0.2, 0) is 0 Å². The van der Waals surface area contributed by atoms with E-state index in [1.807, 2.05) is 0 Å². The molecule has 37 heteroatoms. The summed E-state index contributed by atoms with van der Waals surface area (Å²) in [6.45, 7) is 1.10. The Bertz CT molecular complexity index is 6530. The Morgan fingerprint density at radius 2 is 0.676 bits per heavy atom. The molecule has 0 radical (unpaired) electrons. The Hall–Kier alpha value is -12.2. The summed E-state index contributed by atoms with van der Waals surface area (Å²) in [4.78, 5) is 11.7. The van der Waals surface area contributed by atoms with Crippen LogP contribution in [0, 0.1) is 175 Å². The number of halogens is 30. The van der Waals surface area contributed by atoms with E-state index in [2.05, 4.69) is 15.0 Å². The highest BCUT2D eigenvalue weighted by atomic mass is 19.2. The number of nitrogens with one attached hydrogen (secondary N) is 1. The smallest absolute Gasteiger partial charge is 0.200 e. The third-order valence-corrected chi connectivity index (χ3v) is 19.6. The lowest BCUT2D eigenvalue weighted by atomic mass is 9.97. The number of nitrogens with zero attached hydrogens (tertiary/aromatic N) is 6. The van der Waals surface area contributed by atoms with Gasteiger partial charge in [0.2, 0.25) is 34.9 Å². The minimum Gasteiger partial charge on any atom is -0.354 e. The lowest BCUT2D eigenvalue weighted by molar-refractivity contribution is 0.110. The first-order valence-electron chi connectivity index (χ1n) is 31.5. The molecule has 6 aliphatic rings. The monoisotopic (exact) mass is 1580 g/mol. The van der Waals surface area contributed by atoms with E-state index in [1.165, 1.54) is 13.8 Å². The first-order valence-corrected chi connectivity index (χ1v) is 31.5. The maximum Gasteiger partial charge on any atom is 0.200 e. The van der Waals surface area contributed by atoms with Crippen molar-refractivity contribution < 1.29 is 132 Å². The zero-order chi connectivity index (χ0) is 79.8. The average molecular weight is 1580 g/mol. The Kier molecular flexibility index (Phi) is 16.6. The molecule has 10 heterocycles. The van der Waals surface area contributed by atoms with Crippen molar-refractivity contribution in [1.82, 2.24) is 28.4 Å². The molecule has 0 unspecified atom stereocenters. The van der Waals surface area contributed by atoms with Gasteiger partial charge in [0, 0.05) is 49.7 Å². The zero-order valence-corrected chi connectivity index (χ0v) is 54.0. The molecule has 0 fully saturated rings. The van der Waals surface area contributed by atoms with Crippen molar-refractivity contribution in [1.29, 1.82) is 0 Å². The largest absolute Gasteiger partial charge is 0.354 e. The lowest BCUT2D eigenvalue weighted by Gasteiger charge is -2.39. The fourth-order valence-corrected chi connectivity index (χ4v) is 14.8. The molecule has 7 nitrogen and oxygen atoms in total. The van der Waals surface area contributed by atoms with Crippen LogP contribution in [0.25, 0.3) is 55.8 Å². The van der Waals surface area contributed by atoms with E-state index < -0.39 is 345 Å². The van der Waals surface area contributed by atoms with E-state index in [1.54, 1.807) is 0 Å². The van der Waals surface area contributed by atoms with Crippen molar-refractivity contribution in [3.05, 3.63) is 331 Å². The second-order valence-electron chi connectivity index (χ2n) is 24.9. The van der Waals surface area contributed by atoms with Gasteiger partial charge in [-0.2, -0.15) is 0 Å². The Labute approximate surface area is 594 Å². The van der Waals surface area contributed by atoms with Crippen LogP contribution >= 0.6 is 0 Å². The van der Waals surface area contributed by atoms with Gasteiger partial charge in [0.15, 0.2) is 140 Å². The van der Waals surface area contributed by atoms with Crippen LogP contribution in [0.1, 0.15) is 82.3 Å². The van der Waals surface area contributed by atoms with Crippen molar-refractivity contribution >= 4 is 39.1 Å². The summed E-state index contributed by atoms with van der Waals surface area (Å²) >= 11 is 0. The third kappa shape index (κ3) is 9.67. The molecule has 4 aromatic heterocycles. The second kappa shape index (κ2) is 25.2. The van der Waals surface area contributed by atoms with Crippen molar-refractivity contribution in [2.24, 2.45) is 4.99 Å². The number of fused-ring (bicyclic) bond motifs is 4. The minimum atomic E-state index is -2.95. The van der Waals surface area contributed by atoms with Gasteiger partial charge in [-0.25, -0.2) is 142 Å². The van der Waals surface area contributed by atoms with E-state index in [0.717, 1.165) is 4.90 Å². The number of allylic oxidation sites excluding steroid dienone is 2. The Balaban J connectivity index is 1.27. The number of benzene rings is 6. The highest BCUT2D eigenvalue weighted by Crippen LogP contribution is 2.52. The zero-order valence-electron chi connectivity index (χ0n) is 54.0. The van der Waals surface area contributed by atoms with Crippen LogP contribution in [0.15, 0.2) is 83.5 Å². The van der Waals surface area contributed by atoms with Crippen LogP contribution in [0.5, 0.6) is 0 Å². The molecular formula is C74H25F30N7. The summed E-state index contributed by atoms with van der Waals surface area (Å²) in [5.74, 6) is -86.3. The van der Waals surface area contributed by atoms with Crippen molar-refractivity contribution in [3.63, 3.8) is 0 Å². The minimum absolute atomic E-state index is 0.408. The number of H-pyrrole nitrogens is 1. The molecule has 6 aromatic carbocycles. The van der Waals surface area contributed by atoms with E-state index in [4.69, 9.17) is 0 Å². The number of rotatable bonds is 9. The molecule has 6 aliphatic heterocycles. The molecule has 10 aromatic rings. The SMILES string of the molecule is CCN(CC)[C@@H]1[C@H]2c3cc4cc5nc-4c(-c4c(F)c(F)c(F)c(F)c4F)c4ccc(n34)C(c3c(F)c(F)c(F)c(F)c3F)=c3ccc(n32)=C(c2c(F)c(F)c(F)c(F)c2F)c2ccc(n21)C(c1c(F)c(F)c(F)c(F)c1F)=C1C=CC(=N1)C(c1c(F)c(F)c(F)c(F)c1F)=c1ccc([nH]1)=C5c1c(F)c(F)c(F)c(F)c1F. The molecule has 16 rings (SSSR count). The van der Waals surface area contributed by atoms with Crippen molar-refractivity contribution in [2.75, 3.05) is 13.1 Å². The van der Waals surface area contributed by atoms with Gasteiger partial charge in [-0.3, -0.25) is 4.90 Å². The lowest BCUT2D eigenvalue weighted by Crippen LogP contribution is -2.44. The second-order valence-corrected chi connectivity index (χ2v) is 24.9. The van der Waals surface area contributed by atoms with Crippen molar-refractivity contribution in [3.8, 4) is 22.4 Å². The number of likely N-dealkylation sites (N-methyl/N-ethyl adjacent to an activating group) is 1.